The molecule has 1 aliphatic rings. The van der Waals surface area contributed by atoms with E-state index in [-0.39, 0.29) is 29.5 Å². The fourth-order valence-corrected chi connectivity index (χ4v) is 5.12. The Morgan fingerprint density at radius 2 is 1.93 bits per heavy atom. The number of hydrogen-bond acceptors (Lipinski definition) is 4. The summed E-state index contributed by atoms with van der Waals surface area (Å²) in [6.07, 6.45) is -3.94. The quantitative estimate of drug-likeness (QED) is 0.780. The summed E-state index contributed by atoms with van der Waals surface area (Å²) in [5.74, 6) is -1.83. The fourth-order valence-electron chi connectivity index (χ4n) is 3.07. The molecule has 1 saturated heterocycles. The summed E-state index contributed by atoms with van der Waals surface area (Å²) in [5, 5.41) is 1.66. The molecule has 0 spiro atoms. The Morgan fingerprint density at radius 1 is 1.21 bits per heavy atom. The zero-order chi connectivity index (χ0) is 20.4. The molecule has 2 heterocycles. The van der Waals surface area contributed by atoms with Crippen LogP contribution in [0.2, 0.25) is 0 Å². The zero-order valence-electron chi connectivity index (χ0n) is 14.8. The number of thiophene rings is 1. The van der Waals surface area contributed by atoms with Crippen molar-refractivity contribution in [2.24, 2.45) is 5.92 Å². The topological polar surface area (TPSA) is 66.5 Å². The molecule has 0 bridgehead atoms. The molecule has 3 rings (SSSR count). The van der Waals surface area contributed by atoms with E-state index in [9.17, 15) is 26.4 Å². The molecular formula is C18H19F3N2O3S2. The summed E-state index contributed by atoms with van der Waals surface area (Å²) < 4.78 is 65.7. The number of hydrogen-bond donors (Lipinski definition) is 1. The SMILES string of the molecule is O=C(Cc1ccc(NS(=O)(=O)c2cccs2)cc1)N1CCC[C@@H](C(F)(F)F)C1. The van der Waals surface area contributed by atoms with Gasteiger partial charge in [0.2, 0.25) is 5.91 Å². The summed E-state index contributed by atoms with van der Waals surface area (Å²) in [7, 11) is -3.66. The van der Waals surface area contributed by atoms with Crippen LogP contribution in [0.1, 0.15) is 18.4 Å². The van der Waals surface area contributed by atoms with E-state index >= 15 is 0 Å². The van der Waals surface area contributed by atoms with Gasteiger partial charge in [-0.1, -0.05) is 18.2 Å². The molecule has 1 atom stereocenters. The number of halogens is 3. The number of amides is 1. The summed E-state index contributed by atoms with van der Waals surface area (Å²) in [5.41, 5.74) is 0.956. The first-order valence-corrected chi connectivity index (χ1v) is 11.0. The third kappa shape index (κ3) is 5.05. The lowest BCUT2D eigenvalue weighted by atomic mass is 9.97. The summed E-state index contributed by atoms with van der Waals surface area (Å²) >= 11 is 1.10. The maximum atomic E-state index is 12.9. The Balaban J connectivity index is 1.60. The number of carbonyl (C=O) groups excluding carboxylic acids is 1. The van der Waals surface area contributed by atoms with Gasteiger partial charge in [-0.15, -0.1) is 11.3 Å². The lowest BCUT2D eigenvalue weighted by Gasteiger charge is -2.33. The molecule has 152 valence electrons. The highest BCUT2D eigenvalue weighted by molar-refractivity contribution is 7.94. The van der Waals surface area contributed by atoms with Crippen LogP contribution in [0.15, 0.2) is 46.0 Å². The lowest BCUT2D eigenvalue weighted by Crippen LogP contribution is -2.45. The van der Waals surface area contributed by atoms with E-state index in [1.54, 1.807) is 23.6 Å². The van der Waals surface area contributed by atoms with Crippen molar-refractivity contribution in [2.45, 2.75) is 29.6 Å². The number of sulfonamides is 1. The maximum Gasteiger partial charge on any atom is 0.393 e. The van der Waals surface area contributed by atoms with E-state index in [1.165, 1.54) is 23.1 Å². The Kier molecular flexibility index (Phi) is 5.99. The Labute approximate surface area is 165 Å². The number of nitrogens with zero attached hydrogens (tertiary/aromatic N) is 1. The predicted octanol–water partition coefficient (Wildman–Crippen LogP) is 3.89. The van der Waals surface area contributed by atoms with Gasteiger partial charge in [-0.2, -0.15) is 13.2 Å². The number of nitrogens with one attached hydrogen (secondary N) is 1. The largest absolute Gasteiger partial charge is 0.393 e. The highest BCUT2D eigenvalue weighted by atomic mass is 32.2. The Morgan fingerprint density at radius 3 is 2.54 bits per heavy atom. The molecule has 0 radical (unpaired) electrons. The third-order valence-electron chi connectivity index (χ3n) is 4.56. The zero-order valence-corrected chi connectivity index (χ0v) is 16.4. The van der Waals surface area contributed by atoms with Gasteiger partial charge >= 0.3 is 6.18 Å². The van der Waals surface area contributed by atoms with Crippen LogP contribution in [0.5, 0.6) is 0 Å². The average Bonchev–Trinajstić information content (AvgIpc) is 3.18. The van der Waals surface area contributed by atoms with Crippen molar-refractivity contribution in [3.63, 3.8) is 0 Å². The van der Waals surface area contributed by atoms with Gasteiger partial charge in [0.25, 0.3) is 10.0 Å². The highest BCUT2D eigenvalue weighted by Gasteiger charge is 2.42. The van der Waals surface area contributed by atoms with Gasteiger partial charge in [-0.3, -0.25) is 9.52 Å². The number of alkyl halides is 3. The first-order chi connectivity index (χ1) is 13.1. The molecule has 1 aliphatic heterocycles. The molecule has 0 aliphatic carbocycles. The minimum absolute atomic E-state index is 0.0253. The first-order valence-electron chi connectivity index (χ1n) is 8.65. The van der Waals surface area contributed by atoms with Crippen LogP contribution in [0.3, 0.4) is 0 Å². The van der Waals surface area contributed by atoms with Crippen molar-refractivity contribution in [1.82, 2.24) is 4.90 Å². The van der Waals surface area contributed by atoms with Gasteiger partial charge in [0.05, 0.1) is 12.3 Å². The second-order valence-corrected chi connectivity index (χ2v) is 9.49. The smallest absolute Gasteiger partial charge is 0.342 e. The lowest BCUT2D eigenvalue weighted by molar-refractivity contribution is -0.187. The molecule has 2 aromatic rings. The second-order valence-electron chi connectivity index (χ2n) is 6.63. The van der Waals surface area contributed by atoms with Crippen LogP contribution < -0.4 is 4.72 Å². The molecule has 0 unspecified atom stereocenters. The van der Waals surface area contributed by atoms with Gasteiger partial charge in [-0.25, -0.2) is 8.42 Å². The minimum atomic E-state index is -4.29. The monoisotopic (exact) mass is 432 g/mol. The second kappa shape index (κ2) is 8.12. The number of anilines is 1. The van der Waals surface area contributed by atoms with Crippen LogP contribution >= 0.6 is 11.3 Å². The molecule has 1 amide bonds. The Bertz CT molecular complexity index is 911. The summed E-state index contributed by atoms with van der Waals surface area (Å²) in [6, 6.07) is 9.38. The normalized spacial score (nSPS) is 18.1. The maximum absolute atomic E-state index is 12.9. The van der Waals surface area contributed by atoms with Crippen molar-refractivity contribution < 1.29 is 26.4 Å². The van der Waals surface area contributed by atoms with E-state index in [0.717, 1.165) is 11.3 Å². The van der Waals surface area contributed by atoms with Gasteiger partial charge in [0.1, 0.15) is 4.21 Å². The van der Waals surface area contributed by atoms with Gasteiger partial charge in [0.15, 0.2) is 0 Å². The van der Waals surface area contributed by atoms with Crippen molar-refractivity contribution >= 4 is 33.0 Å². The Hall–Kier alpha value is -2.07. The fraction of sp³-hybridized carbons (Fsp3) is 0.389. The van der Waals surface area contributed by atoms with Crippen LogP contribution in [-0.2, 0) is 21.2 Å². The molecule has 0 saturated carbocycles. The van der Waals surface area contributed by atoms with E-state index in [4.69, 9.17) is 0 Å². The molecule has 1 fully saturated rings. The van der Waals surface area contributed by atoms with Crippen molar-refractivity contribution in [3.05, 3.63) is 47.3 Å². The van der Waals surface area contributed by atoms with Gasteiger partial charge in [-0.05, 0) is 42.0 Å². The molecule has 28 heavy (non-hydrogen) atoms. The van der Waals surface area contributed by atoms with E-state index in [0.29, 0.717) is 24.2 Å². The summed E-state index contributed by atoms with van der Waals surface area (Å²) in [4.78, 5) is 13.6. The standard InChI is InChI=1S/C18H19F3N2O3S2/c19-18(20,21)14-3-1-9-23(12-14)16(24)11-13-5-7-15(8-6-13)22-28(25,26)17-4-2-10-27-17/h2,4-8,10,14,22H,1,3,9,11-12H2/t14-/m1/s1. The van der Waals surface area contributed by atoms with Crippen molar-refractivity contribution in [1.29, 1.82) is 0 Å². The number of benzene rings is 1. The number of likely N-dealkylation sites (tertiary alicyclic amines) is 1. The number of carbonyl (C=O) groups is 1. The highest BCUT2D eigenvalue weighted by Crippen LogP contribution is 2.33. The minimum Gasteiger partial charge on any atom is -0.342 e. The van der Waals surface area contributed by atoms with Crippen molar-refractivity contribution in [3.8, 4) is 0 Å². The predicted molar refractivity (Wildman–Crippen MR) is 101 cm³/mol. The van der Waals surface area contributed by atoms with Gasteiger partial charge in [0, 0.05) is 18.8 Å². The van der Waals surface area contributed by atoms with Crippen LogP contribution in [0.25, 0.3) is 0 Å². The van der Waals surface area contributed by atoms with Crippen molar-refractivity contribution in [2.75, 3.05) is 17.8 Å². The number of rotatable bonds is 5. The third-order valence-corrected chi connectivity index (χ3v) is 7.34. The summed E-state index contributed by atoms with van der Waals surface area (Å²) in [6.45, 7) is 0.0190. The first kappa shape index (κ1) is 20.7. The van der Waals surface area contributed by atoms with Crippen LogP contribution in [0, 0.1) is 5.92 Å². The van der Waals surface area contributed by atoms with Gasteiger partial charge < -0.3 is 4.90 Å². The molecule has 1 aromatic carbocycles. The van der Waals surface area contributed by atoms with E-state index in [1.807, 2.05) is 0 Å². The van der Waals surface area contributed by atoms with E-state index in [2.05, 4.69) is 4.72 Å². The van der Waals surface area contributed by atoms with Crippen LogP contribution in [-0.4, -0.2) is 38.5 Å². The molecule has 1 aromatic heterocycles. The van der Waals surface area contributed by atoms with E-state index < -0.39 is 22.1 Å². The average molecular weight is 432 g/mol. The molecule has 1 N–H and O–H groups in total. The number of piperidine rings is 1. The molecular weight excluding hydrogens is 413 g/mol. The van der Waals surface area contributed by atoms with Crippen LogP contribution in [0.4, 0.5) is 18.9 Å². The molecule has 5 nitrogen and oxygen atoms in total. The molecule has 10 heteroatoms.